The molecule has 2 aromatic rings. The lowest BCUT2D eigenvalue weighted by Gasteiger charge is -2.33. The Bertz CT molecular complexity index is 738. The van der Waals surface area contributed by atoms with Gasteiger partial charge in [0.25, 0.3) is 0 Å². The molecule has 4 nitrogen and oxygen atoms in total. The van der Waals surface area contributed by atoms with Crippen LogP contribution in [0.25, 0.3) is 11.1 Å². The minimum Gasteiger partial charge on any atom is -0.361 e. The number of hydrogen-bond donors (Lipinski definition) is 0. The van der Waals surface area contributed by atoms with Gasteiger partial charge in [-0.05, 0) is 42.9 Å². The van der Waals surface area contributed by atoms with E-state index in [9.17, 15) is 0 Å². The van der Waals surface area contributed by atoms with Crippen molar-refractivity contribution in [3.63, 3.8) is 0 Å². The molecule has 4 heteroatoms. The number of aromatic nitrogens is 2. The van der Waals surface area contributed by atoms with Gasteiger partial charge in [-0.25, -0.2) is 9.97 Å². The maximum atomic E-state index is 4.98. The van der Waals surface area contributed by atoms with Gasteiger partial charge in [0, 0.05) is 31.5 Å². The molecule has 0 saturated carbocycles. The normalized spacial score (nSPS) is 23.5. The predicted octanol–water partition coefficient (Wildman–Crippen LogP) is 2.73. The highest BCUT2D eigenvalue weighted by atomic mass is 15.2. The van der Waals surface area contributed by atoms with Crippen LogP contribution < -0.4 is 0 Å². The maximum absolute atomic E-state index is 4.98. The minimum absolute atomic E-state index is 0.0810. The summed E-state index contributed by atoms with van der Waals surface area (Å²) in [5.74, 6) is 1.16. The maximum Gasteiger partial charge on any atom is 0.115 e. The molecule has 1 atom stereocenters. The van der Waals surface area contributed by atoms with Gasteiger partial charge in [0.1, 0.15) is 6.33 Å². The van der Waals surface area contributed by atoms with Gasteiger partial charge in [-0.3, -0.25) is 4.99 Å². The fourth-order valence-corrected chi connectivity index (χ4v) is 3.85. The third-order valence-corrected chi connectivity index (χ3v) is 4.99. The van der Waals surface area contributed by atoms with E-state index in [2.05, 4.69) is 47.0 Å². The van der Waals surface area contributed by atoms with Gasteiger partial charge in [-0.2, -0.15) is 0 Å². The molecule has 1 aliphatic carbocycles. The van der Waals surface area contributed by atoms with Crippen LogP contribution in [0.4, 0.5) is 0 Å². The number of fused-ring (bicyclic) bond motifs is 1. The molecule has 0 fully saturated rings. The molecule has 22 heavy (non-hydrogen) atoms. The monoisotopic (exact) mass is 292 g/mol. The molecule has 0 amide bonds. The SMILES string of the molecule is CC1=N[C@]2(CCc3c(cccc3-c3cncnc3)C2)CN1C. The first-order chi connectivity index (χ1) is 10.7. The van der Waals surface area contributed by atoms with Crippen LogP contribution in [0.3, 0.4) is 0 Å². The van der Waals surface area contributed by atoms with Gasteiger partial charge in [0.15, 0.2) is 0 Å². The fourth-order valence-electron chi connectivity index (χ4n) is 3.85. The highest BCUT2D eigenvalue weighted by Crippen LogP contribution is 2.39. The van der Waals surface area contributed by atoms with Gasteiger partial charge < -0.3 is 4.90 Å². The number of aliphatic imine (C=N–C) groups is 1. The highest BCUT2D eigenvalue weighted by Gasteiger charge is 2.39. The molecule has 0 saturated heterocycles. The summed E-state index contributed by atoms with van der Waals surface area (Å²) in [4.78, 5) is 15.6. The lowest BCUT2D eigenvalue weighted by atomic mass is 9.76. The van der Waals surface area contributed by atoms with Crippen LogP contribution >= 0.6 is 0 Å². The molecule has 112 valence electrons. The van der Waals surface area contributed by atoms with Crippen molar-refractivity contribution in [2.45, 2.75) is 31.7 Å². The number of nitrogens with zero attached hydrogens (tertiary/aromatic N) is 4. The number of hydrogen-bond acceptors (Lipinski definition) is 4. The molecule has 4 rings (SSSR count). The second kappa shape index (κ2) is 4.90. The third-order valence-electron chi connectivity index (χ3n) is 4.99. The van der Waals surface area contributed by atoms with E-state index in [-0.39, 0.29) is 5.54 Å². The van der Waals surface area contributed by atoms with Crippen molar-refractivity contribution in [3.05, 3.63) is 48.0 Å². The quantitative estimate of drug-likeness (QED) is 0.811. The lowest BCUT2D eigenvalue weighted by molar-refractivity contribution is 0.335. The molecule has 2 heterocycles. The van der Waals surface area contributed by atoms with Gasteiger partial charge >= 0.3 is 0 Å². The zero-order valence-electron chi connectivity index (χ0n) is 13.1. The van der Waals surface area contributed by atoms with Crippen molar-refractivity contribution in [3.8, 4) is 11.1 Å². The molecule has 1 aromatic heterocycles. The van der Waals surface area contributed by atoms with Gasteiger partial charge in [-0.15, -0.1) is 0 Å². The first-order valence-corrected chi connectivity index (χ1v) is 7.81. The zero-order chi connectivity index (χ0) is 15.2. The fraction of sp³-hybridized carbons (Fsp3) is 0.389. The first kappa shape index (κ1) is 13.4. The highest BCUT2D eigenvalue weighted by molar-refractivity contribution is 5.82. The zero-order valence-corrected chi connectivity index (χ0v) is 13.1. The second-order valence-electron chi connectivity index (χ2n) is 6.49. The van der Waals surface area contributed by atoms with Crippen LogP contribution in [-0.4, -0.2) is 39.8 Å². The summed E-state index contributed by atoms with van der Waals surface area (Å²) >= 11 is 0. The standard InChI is InChI=1S/C18H20N4/c1-13-21-18(11-22(13)2)7-6-17-14(8-18)4-3-5-16(17)15-9-19-12-20-10-15/h3-5,9-10,12H,6-8,11H2,1-2H3/t18-/m0/s1. The molecular weight excluding hydrogens is 272 g/mol. The molecule has 0 N–H and O–H groups in total. The number of likely N-dealkylation sites (N-methyl/N-ethyl adjacent to an activating group) is 1. The Balaban J connectivity index is 1.74. The van der Waals surface area contributed by atoms with E-state index in [1.165, 1.54) is 16.7 Å². The molecule has 0 unspecified atom stereocenters. The largest absolute Gasteiger partial charge is 0.361 e. The van der Waals surface area contributed by atoms with Crippen molar-refractivity contribution < 1.29 is 0 Å². The Morgan fingerprint density at radius 3 is 2.73 bits per heavy atom. The summed E-state index contributed by atoms with van der Waals surface area (Å²) in [7, 11) is 2.14. The first-order valence-electron chi connectivity index (χ1n) is 7.81. The Hall–Kier alpha value is -2.23. The van der Waals surface area contributed by atoms with E-state index in [0.29, 0.717) is 0 Å². The van der Waals surface area contributed by atoms with Crippen LogP contribution in [0.2, 0.25) is 0 Å². The van der Waals surface area contributed by atoms with E-state index < -0.39 is 0 Å². The molecule has 0 radical (unpaired) electrons. The smallest absolute Gasteiger partial charge is 0.115 e. The van der Waals surface area contributed by atoms with Crippen molar-refractivity contribution in [1.29, 1.82) is 0 Å². The lowest BCUT2D eigenvalue weighted by Crippen LogP contribution is -2.39. The average Bonchev–Trinajstić information content (AvgIpc) is 2.81. The molecule has 1 spiro atoms. The van der Waals surface area contributed by atoms with Crippen LogP contribution in [0.15, 0.2) is 41.9 Å². The van der Waals surface area contributed by atoms with E-state index in [0.717, 1.165) is 37.2 Å². The average molecular weight is 292 g/mol. The molecular formula is C18H20N4. The number of benzene rings is 1. The van der Waals surface area contributed by atoms with E-state index >= 15 is 0 Å². The Morgan fingerprint density at radius 1 is 1.18 bits per heavy atom. The van der Waals surface area contributed by atoms with Gasteiger partial charge in [0.2, 0.25) is 0 Å². The van der Waals surface area contributed by atoms with E-state index in [1.54, 1.807) is 6.33 Å². The summed E-state index contributed by atoms with van der Waals surface area (Å²) < 4.78 is 0. The third kappa shape index (κ3) is 2.10. The second-order valence-corrected chi connectivity index (χ2v) is 6.49. The van der Waals surface area contributed by atoms with Crippen molar-refractivity contribution in [1.82, 2.24) is 14.9 Å². The number of amidine groups is 1. The summed E-state index contributed by atoms with van der Waals surface area (Å²) in [6, 6.07) is 6.59. The van der Waals surface area contributed by atoms with Gasteiger partial charge in [-0.1, -0.05) is 18.2 Å². The minimum atomic E-state index is 0.0810. The Labute approximate surface area is 130 Å². The van der Waals surface area contributed by atoms with Crippen LogP contribution in [0.5, 0.6) is 0 Å². The van der Waals surface area contributed by atoms with Crippen molar-refractivity contribution >= 4 is 5.84 Å². The summed E-state index contributed by atoms with van der Waals surface area (Å²) in [5.41, 5.74) is 5.35. The summed E-state index contributed by atoms with van der Waals surface area (Å²) in [6.07, 6.45) is 8.61. The van der Waals surface area contributed by atoms with Gasteiger partial charge in [0.05, 0.1) is 11.4 Å². The number of rotatable bonds is 1. The van der Waals surface area contributed by atoms with Crippen molar-refractivity contribution in [2.24, 2.45) is 4.99 Å². The molecule has 0 bridgehead atoms. The van der Waals surface area contributed by atoms with E-state index in [1.807, 2.05) is 12.4 Å². The van der Waals surface area contributed by atoms with E-state index in [4.69, 9.17) is 4.99 Å². The topological polar surface area (TPSA) is 41.4 Å². The molecule has 1 aliphatic heterocycles. The van der Waals surface area contributed by atoms with Crippen LogP contribution in [-0.2, 0) is 12.8 Å². The Kier molecular flexibility index (Phi) is 2.99. The van der Waals surface area contributed by atoms with Crippen LogP contribution in [0, 0.1) is 0 Å². The summed E-state index contributed by atoms with van der Waals surface area (Å²) in [5, 5.41) is 0. The van der Waals surface area contributed by atoms with Crippen molar-refractivity contribution in [2.75, 3.05) is 13.6 Å². The van der Waals surface area contributed by atoms with Crippen LogP contribution in [0.1, 0.15) is 24.5 Å². The Morgan fingerprint density at radius 2 is 2.00 bits per heavy atom. The molecule has 1 aromatic carbocycles. The predicted molar refractivity (Wildman–Crippen MR) is 88.0 cm³/mol. The summed E-state index contributed by atoms with van der Waals surface area (Å²) in [6.45, 7) is 3.15. The molecule has 2 aliphatic rings.